The number of pyridine rings is 2. The Balaban J connectivity index is 0.690. The summed E-state index contributed by atoms with van der Waals surface area (Å²) in [5, 5.41) is 27.9. The number of aromatic nitrogens is 5. The molecule has 3 saturated heterocycles. The summed E-state index contributed by atoms with van der Waals surface area (Å²) < 4.78 is 38.3. The summed E-state index contributed by atoms with van der Waals surface area (Å²) in [6.45, 7) is 6.25. The summed E-state index contributed by atoms with van der Waals surface area (Å²) >= 11 is 0. The first-order valence-corrected chi connectivity index (χ1v) is 25.1. The number of amides is 6. The van der Waals surface area contributed by atoms with Gasteiger partial charge < -0.3 is 25.2 Å². The first-order chi connectivity index (χ1) is 35.7. The molecule has 3 aliphatic heterocycles. The van der Waals surface area contributed by atoms with E-state index in [9.17, 15) is 38.0 Å². The Kier molecular flexibility index (Phi) is 12.5. The van der Waals surface area contributed by atoms with Crippen LogP contribution in [0.4, 0.5) is 30.9 Å². The fraction of sp³-hybridized carbons (Fsp3) is 0.415. The molecule has 3 N–H and O–H groups in total. The SMILES string of the molecule is CCOc1cc(-c2ccc(N3CCC(CN4CCN(C(=O)C5CC6(CC(C(=O)Nc7ccc8c(N9CCC(=O)NC9=O)nn(C)c8c7)C6)C5)CC4)(NC(=O)c4cc(F)ccc4F)CC3)nc2)c2c(C#N)cnn2c1. The molecule has 0 bridgehead atoms. The van der Waals surface area contributed by atoms with Crippen LogP contribution in [0.15, 0.2) is 73.2 Å². The molecule has 21 heteroatoms. The van der Waals surface area contributed by atoms with Gasteiger partial charge >= 0.3 is 6.03 Å². The highest BCUT2D eigenvalue weighted by Gasteiger charge is 2.57. The summed E-state index contributed by atoms with van der Waals surface area (Å²) in [6, 6.07) is 15.7. The van der Waals surface area contributed by atoms with Crippen LogP contribution in [-0.2, 0) is 21.4 Å². The number of rotatable bonds is 12. The predicted octanol–water partition coefficient (Wildman–Crippen LogP) is 5.64. The van der Waals surface area contributed by atoms with Gasteiger partial charge in [-0.1, -0.05) is 0 Å². The second kappa shape index (κ2) is 19.1. The maximum absolute atomic E-state index is 15.0. The monoisotopic (exact) mass is 1010 g/mol. The third-order valence-electron chi connectivity index (χ3n) is 15.7. The molecule has 0 unspecified atom stereocenters. The highest BCUT2D eigenvalue weighted by atomic mass is 19.1. The van der Waals surface area contributed by atoms with Crippen LogP contribution in [0.1, 0.15) is 67.8 Å². The number of benzene rings is 2. The lowest BCUT2D eigenvalue weighted by atomic mass is 9.48. The Morgan fingerprint density at radius 3 is 2.41 bits per heavy atom. The van der Waals surface area contributed by atoms with Gasteiger partial charge in [0.1, 0.15) is 29.3 Å². The van der Waals surface area contributed by atoms with Crippen LogP contribution in [0.2, 0.25) is 0 Å². The Bertz CT molecular complexity index is 3270. The number of ether oxygens (including phenoxy) is 1. The third-order valence-corrected chi connectivity index (χ3v) is 15.7. The van der Waals surface area contributed by atoms with Gasteiger partial charge in [-0.05, 0) is 105 Å². The molecule has 2 aromatic carbocycles. The van der Waals surface area contributed by atoms with Crippen molar-refractivity contribution in [3.05, 3.63) is 95.9 Å². The lowest BCUT2D eigenvalue weighted by Crippen LogP contribution is -2.63. The van der Waals surface area contributed by atoms with Crippen molar-refractivity contribution in [1.82, 2.24) is 44.8 Å². The van der Waals surface area contributed by atoms with E-state index in [0.717, 1.165) is 58.9 Å². The van der Waals surface area contributed by atoms with E-state index in [4.69, 9.17) is 9.72 Å². The smallest absolute Gasteiger partial charge is 0.329 e. The number of hydrogen-bond acceptors (Lipinski definition) is 12. The molecule has 2 aliphatic carbocycles. The number of piperidine rings is 1. The molecule has 6 amide bonds. The van der Waals surface area contributed by atoms with Crippen LogP contribution in [0.5, 0.6) is 5.75 Å². The second-order valence-electron chi connectivity index (χ2n) is 20.5. The normalized spacial score (nSPS) is 21.7. The van der Waals surface area contributed by atoms with Crippen molar-refractivity contribution in [3.8, 4) is 22.9 Å². The van der Waals surface area contributed by atoms with E-state index in [2.05, 4.69) is 42.0 Å². The third kappa shape index (κ3) is 9.11. The van der Waals surface area contributed by atoms with Gasteiger partial charge in [0.05, 0.1) is 46.7 Å². The molecule has 11 rings (SSSR count). The highest BCUT2D eigenvalue weighted by molar-refractivity contribution is 6.09. The van der Waals surface area contributed by atoms with Crippen molar-refractivity contribution in [2.45, 2.75) is 57.4 Å². The van der Waals surface area contributed by atoms with Gasteiger partial charge in [0.15, 0.2) is 5.82 Å². The molecule has 2 saturated carbocycles. The Morgan fingerprint density at radius 2 is 1.69 bits per heavy atom. The van der Waals surface area contributed by atoms with Crippen LogP contribution in [0, 0.1) is 40.2 Å². The van der Waals surface area contributed by atoms with Crippen molar-refractivity contribution < 1.29 is 37.5 Å². The standard InChI is InChI=1S/C53H55F2N13O6/c1-3-74-38-22-40(46-35(27-56)29-58-68(46)30-38)32-4-9-44(57-28-32)65-14-11-53(12-15-65,61-49(71)41-20-36(54)5-8-42(41)55)31-64-16-18-66(19-17-64)50(72)34-25-52(26-34)23-33(24-52)48(70)59-37-6-7-39-43(21-37)63(2)62-47(39)67-13-10-45(69)60-51(67)73/h4-9,20-22,28-30,33-34H,3,10-19,23-26,31H2,1-2H3,(H,59,70)(H,61,71)(H,60,69,73). The first-order valence-electron chi connectivity index (χ1n) is 25.1. The molecule has 1 spiro atoms. The number of hydrogen-bond donors (Lipinski definition) is 3. The number of nitrogens with one attached hydrogen (secondary N) is 3. The van der Waals surface area contributed by atoms with Gasteiger partial charge in [0.25, 0.3) is 5.91 Å². The Morgan fingerprint density at radius 1 is 0.919 bits per heavy atom. The number of halogens is 2. The van der Waals surface area contributed by atoms with Crippen LogP contribution in [0.25, 0.3) is 27.5 Å². The Labute approximate surface area is 424 Å². The molecule has 6 aromatic rings. The fourth-order valence-electron chi connectivity index (χ4n) is 11.8. The van der Waals surface area contributed by atoms with Crippen molar-refractivity contribution in [2.24, 2.45) is 24.3 Å². The number of nitriles is 1. The Hall–Kier alpha value is -7.99. The lowest BCUT2D eigenvalue weighted by Gasteiger charge is -2.57. The maximum atomic E-state index is 15.0. The zero-order valence-corrected chi connectivity index (χ0v) is 41.1. The van der Waals surface area contributed by atoms with Gasteiger partial charge in [0, 0.05) is 106 Å². The zero-order valence-electron chi connectivity index (χ0n) is 41.1. The van der Waals surface area contributed by atoms with Gasteiger partial charge in [-0.25, -0.2) is 23.1 Å². The van der Waals surface area contributed by atoms with Crippen molar-refractivity contribution in [1.29, 1.82) is 5.26 Å². The van der Waals surface area contributed by atoms with Crippen molar-refractivity contribution in [2.75, 3.05) is 74.1 Å². The molecule has 0 radical (unpaired) electrons. The van der Waals surface area contributed by atoms with Gasteiger partial charge in [0.2, 0.25) is 17.7 Å². The molecule has 7 heterocycles. The van der Waals surface area contributed by atoms with E-state index in [1.54, 1.807) is 34.7 Å². The van der Waals surface area contributed by atoms with Gasteiger partial charge in [-0.15, -0.1) is 0 Å². The molecule has 0 atom stereocenters. The number of carbonyl (C=O) groups excluding carboxylic acids is 5. The van der Waals surface area contributed by atoms with Crippen LogP contribution in [0.3, 0.4) is 0 Å². The minimum atomic E-state index is -0.810. The van der Waals surface area contributed by atoms with E-state index >= 15 is 0 Å². The van der Waals surface area contributed by atoms with Crippen LogP contribution < -0.4 is 30.5 Å². The molecule has 5 fully saturated rings. The lowest BCUT2D eigenvalue weighted by molar-refractivity contribution is -0.156. The maximum Gasteiger partial charge on any atom is 0.329 e. The van der Waals surface area contributed by atoms with E-state index in [1.165, 1.54) is 11.1 Å². The van der Waals surface area contributed by atoms with E-state index < -0.39 is 29.1 Å². The number of imide groups is 1. The summed E-state index contributed by atoms with van der Waals surface area (Å²) in [5.41, 5.74) is 2.78. The largest absolute Gasteiger partial charge is 0.492 e. The fourth-order valence-corrected chi connectivity index (χ4v) is 11.8. The zero-order chi connectivity index (χ0) is 51.5. The summed E-state index contributed by atoms with van der Waals surface area (Å²) in [5.74, 6) is -0.973. The molecule has 5 aliphatic rings. The molecule has 74 heavy (non-hydrogen) atoms. The first kappa shape index (κ1) is 48.3. The van der Waals surface area contributed by atoms with Crippen LogP contribution >= 0.6 is 0 Å². The van der Waals surface area contributed by atoms with E-state index in [1.807, 2.05) is 42.2 Å². The predicted molar refractivity (Wildman–Crippen MR) is 268 cm³/mol. The number of urea groups is 1. The summed E-state index contributed by atoms with van der Waals surface area (Å²) in [6.07, 6.45) is 9.10. The molecular formula is C53H55F2N13O6. The molecule has 4 aromatic heterocycles. The van der Waals surface area contributed by atoms with Gasteiger partial charge in [-0.3, -0.25) is 39.0 Å². The minimum Gasteiger partial charge on any atom is -0.492 e. The van der Waals surface area contributed by atoms with Crippen LogP contribution in [-0.4, -0.2) is 128 Å². The number of aryl methyl sites for hydroxylation is 1. The highest BCUT2D eigenvalue weighted by Crippen LogP contribution is 2.61. The second-order valence-corrected chi connectivity index (χ2v) is 20.5. The molecular weight excluding hydrogens is 953 g/mol. The van der Waals surface area contributed by atoms with Crippen molar-refractivity contribution >= 4 is 63.4 Å². The molecule has 382 valence electrons. The molecule has 19 nitrogen and oxygen atoms in total. The summed E-state index contributed by atoms with van der Waals surface area (Å²) in [7, 11) is 1.76. The number of nitrogens with zero attached hydrogens (tertiary/aromatic N) is 10. The van der Waals surface area contributed by atoms with Crippen molar-refractivity contribution in [3.63, 3.8) is 0 Å². The number of piperazine rings is 1. The minimum absolute atomic E-state index is 0.0232. The summed E-state index contributed by atoms with van der Waals surface area (Å²) in [4.78, 5) is 77.8. The number of anilines is 3. The number of fused-ring (bicyclic) bond motifs is 2. The average Bonchev–Trinajstić information content (AvgIpc) is 3.94. The average molecular weight is 1010 g/mol. The quantitative estimate of drug-likeness (QED) is 0.136. The number of carbonyl (C=O) groups is 5. The topological polar surface area (TPSA) is 215 Å². The van der Waals surface area contributed by atoms with E-state index in [-0.39, 0.29) is 53.5 Å². The van der Waals surface area contributed by atoms with Gasteiger partial charge in [-0.2, -0.15) is 15.5 Å². The van der Waals surface area contributed by atoms with E-state index in [0.29, 0.717) is 106 Å².